The number of aromatic nitrogens is 3. The summed E-state index contributed by atoms with van der Waals surface area (Å²) >= 11 is 7.20. The van der Waals surface area contributed by atoms with Crippen LogP contribution >= 0.6 is 23.6 Å². The summed E-state index contributed by atoms with van der Waals surface area (Å²) in [7, 11) is 0. The van der Waals surface area contributed by atoms with E-state index in [1.807, 2.05) is 0 Å². The maximum atomic E-state index is 5.47. The lowest BCUT2D eigenvalue weighted by Crippen LogP contribution is -2.14. The SMILES string of the molecule is S=c1[nH]nc(-c2cccs2)n1C(C1CC1)C1CC1. The largest absolute Gasteiger partial charge is 0.296 e. The Morgan fingerprint density at radius 3 is 2.61 bits per heavy atom. The number of hydrogen-bond donors (Lipinski definition) is 1. The van der Waals surface area contributed by atoms with Gasteiger partial charge in [0.25, 0.3) is 0 Å². The Labute approximate surface area is 115 Å². The van der Waals surface area contributed by atoms with Gasteiger partial charge in [0.05, 0.1) is 4.88 Å². The number of thiophene rings is 1. The van der Waals surface area contributed by atoms with Crippen molar-refractivity contribution in [3.8, 4) is 10.7 Å². The fourth-order valence-corrected chi connectivity index (χ4v) is 3.81. The van der Waals surface area contributed by atoms with Crippen LogP contribution in [0.3, 0.4) is 0 Å². The summed E-state index contributed by atoms with van der Waals surface area (Å²) in [5, 5.41) is 9.55. The fraction of sp³-hybridized carbons (Fsp3) is 0.538. The topological polar surface area (TPSA) is 33.6 Å². The van der Waals surface area contributed by atoms with Crippen molar-refractivity contribution in [3.63, 3.8) is 0 Å². The second-order valence-corrected chi connectivity index (χ2v) is 6.70. The Morgan fingerprint density at radius 1 is 1.33 bits per heavy atom. The van der Waals surface area contributed by atoms with Crippen molar-refractivity contribution in [1.29, 1.82) is 0 Å². The second kappa shape index (κ2) is 4.03. The molecule has 2 saturated carbocycles. The molecule has 4 rings (SSSR count). The van der Waals surface area contributed by atoms with Gasteiger partial charge in [-0.25, -0.2) is 0 Å². The highest BCUT2D eigenvalue weighted by Crippen LogP contribution is 2.53. The first-order valence-electron chi connectivity index (χ1n) is 6.55. The highest BCUT2D eigenvalue weighted by molar-refractivity contribution is 7.71. The van der Waals surface area contributed by atoms with E-state index in [-0.39, 0.29) is 0 Å². The molecule has 0 amide bonds. The van der Waals surface area contributed by atoms with E-state index in [4.69, 9.17) is 12.2 Å². The Balaban J connectivity index is 1.83. The van der Waals surface area contributed by atoms with E-state index in [0.29, 0.717) is 6.04 Å². The molecule has 1 N–H and O–H groups in total. The summed E-state index contributed by atoms with van der Waals surface area (Å²) < 4.78 is 3.10. The molecule has 2 aromatic heterocycles. The van der Waals surface area contributed by atoms with Gasteiger partial charge in [0.1, 0.15) is 0 Å². The molecule has 2 aliphatic rings. The predicted octanol–water partition coefficient (Wildman–Crippen LogP) is 4.03. The van der Waals surface area contributed by atoms with E-state index in [0.717, 1.165) is 22.4 Å². The van der Waals surface area contributed by atoms with E-state index in [1.54, 1.807) is 11.3 Å². The zero-order valence-electron chi connectivity index (χ0n) is 10.0. The maximum Gasteiger partial charge on any atom is 0.195 e. The second-order valence-electron chi connectivity index (χ2n) is 5.37. The van der Waals surface area contributed by atoms with Gasteiger partial charge in [-0.05, 0) is 61.2 Å². The minimum atomic E-state index is 0.591. The average Bonchev–Trinajstić information content (AvgIpc) is 3.27. The fourth-order valence-electron chi connectivity index (χ4n) is 2.84. The number of aromatic amines is 1. The first-order valence-corrected chi connectivity index (χ1v) is 7.84. The molecule has 0 aromatic carbocycles. The molecule has 3 nitrogen and oxygen atoms in total. The van der Waals surface area contributed by atoms with Crippen molar-refractivity contribution in [3.05, 3.63) is 22.3 Å². The van der Waals surface area contributed by atoms with Crippen LogP contribution in [0.5, 0.6) is 0 Å². The molecule has 0 spiro atoms. The Kier molecular flexibility index (Phi) is 2.45. The number of rotatable bonds is 4. The molecule has 18 heavy (non-hydrogen) atoms. The minimum Gasteiger partial charge on any atom is -0.296 e. The van der Waals surface area contributed by atoms with Crippen LogP contribution in [0.4, 0.5) is 0 Å². The third-order valence-corrected chi connectivity index (χ3v) is 5.11. The summed E-state index contributed by atoms with van der Waals surface area (Å²) in [5.41, 5.74) is 0. The van der Waals surface area contributed by atoms with Crippen molar-refractivity contribution in [2.24, 2.45) is 11.8 Å². The lowest BCUT2D eigenvalue weighted by Gasteiger charge is -2.18. The maximum absolute atomic E-state index is 5.47. The molecule has 0 aliphatic heterocycles. The van der Waals surface area contributed by atoms with Crippen molar-refractivity contribution in [2.45, 2.75) is 31.7 Å². The highest BCUT2D eigenvalue weighted by Gasteiger charge is 2.43. The van der Waals surface area contributed by atoms with Crippen molar-refractivity contribution in [2.75, 3.05) is 0 Å². The lowest BCUT2D eigenvalue weighted by atomic mass is 10.1. The van der Waals surface area contributed by atoms with Crippen LogP contribution in [0.2, 0.25) is 0 Å². The van der Waals surface area contributed by atoms with Crippen LogP contribution in [-0.4, -0.2) is 14.8 Å². The predicted molar refractivity (Wildman–Crippen MR) is 75.2 cm³/mol. The Morgan fingerprint density at radius 2 is 2.06 bits per heavy atom. The number of hydrogen-bond acceptors (Lipinski definition) is 3. The third kappa shape index (κ3) is 1.77. The van der Waals surface area contributed by atoms with Crippen LogP contribution in [0.15, 0.2) is 17.5 Å². The van der Waals surface area contributed by atoms with Crippen molar-refractivity contribution >= 4 is 23.6 Å². The quantitative estimate of drug-likeness (QED) is 0.856. The zero-order chi connectivity index (χ0) is 12.1. The standard InChI is InChI=1S/C13H15N3S2/c17-13-15-14-12(10-2-1-7-18-10)16(13)11(8-3-4-8)9-5-6-9/h1-2,7-9,11H,3-6H2,(H,15,17). The summed E-state index contributed by atoms with van der Waals surface area (Å²) in [4.78, 5) is 1.22. The molecule has 0 atom stereocenters. The van der Waals surface area contributed by atoms with E-state index in [1.165, 1.54) is 30.6 Å². The Bertz CT molecular complexity index is 590. The van der Waals surface area contributed by atoms with Gasteiger partial charge in [-0.2, -0.15) is 5.10 Å². The van der Waals surface area contributed by atoms with Crippen molar-refractivity contribution in [1.82, 2.24) is 14.8 Å². The van der Waals surface area contributed by atoms with Crippen LogP contribution in [0.1, 0.15) is 31.7 Å². The first-order chi connectivity index (χ1) is 8.84. The molecule has 94 valence electrons. The molecule has 0 saturated heterocycles. The van der Waals surface area contributed by atoms with E-state index in [2.05, 4.69) is 32.3 Å². The molecule has 2 aromatic rings. The molecule has 2 aliphatic carbocycles. The summed E-state index contributed by atoms with van der Waals surface area (Å²) in [6.45, 7) is 0. The molecule has 2 heterocycles. The normalized spacial score (nSPS) is 19.6. The summed E-state index contributed by atoms with van der Waals surface area (Å²) in [6, 6.07) is 4.79. The zero-order valence-corrected chi connectivity index (χ0v) is 11.6. The minimum absolute atomic E-state index is 0.591. The molecule has 0 bridgehead atoms. The van der Waals surface area contributed by atoms with Gasteiger partial charge in [0.15, 0.2) is 10.6 Å². The van der Waals surface area contributed by atoms with Gasteiger partial charge in [-0.15, -0.1) is 11.3 Å². The Hall–Kier alpha value is -0.940. The molecule has 0 radical (unpaired) electrons. The van der Waals surface area contributed by atoms with Gasteiger partial charge >= 0.3 is 0 Å². The molecule has 0 unspecified atom stereocenters. The van der Waals surface area contributed by atoms with Crippen LogP contribution in [0, 0.1) is 16.6 Å². The third-order valence-electron chi connectivity index (χ3n) is 3.95. The van der Waals surface area contributed by atoms with Crippen LogP contribution < -0.4 is 0 Å². The van der Waals surface area contributed by atoms with Crippen LogP contribution in [-0.2, 0) is 0 Å². The van der Waals surface area contributed by atoms with Gasteiger partial charge < -0.3 is 0 Å². The van der Waals surface area contributed by atoms with Crippen molar-refractivity contribution < 1.29 is 0 Å². The van der Waals surface area contributed by atoms with Gasteiger partial charge in [0.2, 0.25) is 0 Å². The monoisotopic (exact) mass is 277 g/mol. The highest BCUT2D eigenvalue weighted by atomic mass is 32.1. The summed E-state index contributed by atoms with van der Waals surface area (Å²) in [6.07, 6.45) is 5.44. The summed E-state index contributed by atoms with van der Waals surface area (Å²) in [5.74, 6) is 2.71. The van der Waals surface area contributed by atoms with E-state index >= 15 is 0 Å². The van der Waals surface area contributed by atoms with Gasteiger partial charge in [-0.3, -0.25) is 9.67 Å². The number of nitrogens with zero attached hydrogens (tertiary/aromatic N) is 2. The average molecular weight is 277 g/mol. The first kappa shape index (κ1) is 10.9. The number of nitrogens with one attached hydrogen (secondary N) is 1. The molecular formula is C13H15N3S2. The molecule has 2 fully saturated rings. The smallest absolute Gasteiger partial charge is 0.195 e. The van der Waals surface area contributed by atoms with Crippen LogP contribution in [0.25, 0.3) is 10.7 Å². The lowest BCUT2D eigenvalue weighted by molar-refractivity contribution is 0.394. The van der Waals surface area contributed by atoms with E-state index in [9.17, 15) is 0 Å². The van der Waals surface area contributed by atoms with Gasteiger partial charge in [-0.1, -0.05) is 6.07 Å². The number of H-pyrrole nitrogens is 1. The van der Waals surface area contributed by atoms with Gasteiger partial charge in [0, 0.05) is 6.04 Å². The molecule has 5 heteroatoms. The molecular weight excluding hydrogens is 262 g/mol. The van der Waals surface area contributed by atoms with E-state index < -0.39 is 0 Å².